The summed E-state index contributed by atoms with van der Waals surface area (Å²) in [7, 11) is 0. The van der Waals surface area contributed by atoms with Crippen molar-refractivity contribution < 1.29 is 18.4 Å². The number of ketones is 2. The molecule has 0 fully saturated rings. The maximum Gasteiger partial charge on any atom is 0.305 e. The summed E-state index contributed by atoms with van der Waals surface area (Å²) in [5.74, 6) is -4.20. The molecule has 0 saturated heterocycles. The molecule has 0 heterocycles. The lowest BCUT2D eigenvalue weighted by Crippen LogP contribution is -2.28. The molecular formula is C13H18F2O2. The molecule has 1 rings (SSSR count). The smallest absolute Gasteiger partial charge is 0.295 e. The van der Waals surface area contributed by atoms with Gasteiger partial charge in [0.05, 0.1) is 0 Å². The largest absolute Gasteiger partial charge is 0.305 e. The number of rotatable bonds is 7. The number of halogens is 2. The van der Waals surface area contributed by atoms with E-state index in [1.54, 1.807) is 6.08 Å². The maximum absolute atomic E-state index is 13.3. The monoisotopic (exact) mass is 244 g/mol. The molecule has 0 radical (unpaired) electrons. The van der Waals surface area contributed by atoms with Crippen LogP contribution >= 0.6 is 0 Å². The highest BCUT2D eigenvalue weighted by Gasteiger charge is 2.37. The molecule has 17 heavy (non-hydrogen) atoms. The molecule has 2 nitrogen and oxygen atoms in total. The molecule has 0 N–H and O–H groups in total. The summed E-state index contributed by atoms with van der Waals surface area (Å²) in [4.78, 5) is 22.3. The zero-order valence-electron chi connectivity index (χ0n) is 10.0. The van der Waals surface area contributed by atoms with Gasteiger partial charge < -0.3 is 0 Å². The molecule has 1 unspecified atom stereocenters. The summed E-state index contributed by atoms with van der Waals surface area (Å²) >= 11 is 0. The minimum atomic E-state index is -3.19. The van der Waals surface area contributed by atoms with Gasteiger partial charge in [-0.1, -0.05) is 19.4 Å². The van der Waals surface area contributed by atoms with Crippen LogP contribution in [0.2, 0.25) is 0 Å². The summed E-state index contributed by atoms with van der Waals surface area (Å²) in [6.07, 6.45) is 4.39. The van der Waals surface area contributed by atoms with Crippen molar-refractivity contribution in [2.24, 2.45) is 5.92 Å². The summed E-state index contributed by atoms with van der Waals surface area (Å²) in [6.45, 7) is 1.81. The van der Waals surface area contributed by atoms with Gasteiger partial charge in [0.1, 0.15) is 0 Å². The normalized spacial score (nSPS) is 19.9. The Hall–Kier alpha value is -1.06. The fourth-order valence-electron chi connectivity index (χ4n) is 1.87. The zero-order valence-corrected chi connectivity index (χ0v) is 10.0. The average molecular weight is 244 g/mol. The van der Waals surface area contributed by atoms with Gasteiger partial charge in [-0.05, 0) is 24.8 Å². The molecule has 1 aliphatic rings. The van der Waals surface area contributed by atoms with Crippen LogP contribution in [-0.2, 0) is 9.59 Å². The fourth-order valence-corrected chi connectivity index (χ4v) is 1.87. The number of hydrogen-bond acceptors (Lipinski definition) is 2. The lowest BCUT2D eigenvalue weighted by molar-refractivity contribution is -0.144. The Morgan fingerprint density at radius 1 is 1.53 bits per heavy atom. The molecule has 0 aromatic carbocycles. The first-order valence-electron chi connectivity index (χ1n) is 6.08. The number of carbonyl (C=O) groups is 2. The minimum absolute atomic E-state index is 0.0141. The highest BCUT2D eigenvalue weighted by atomic mass is 19.3. The van der Waals surface area contributed by atoms with Crippen LogP contribution in [0.25, 0.3) is 0 Å². The average Bonchev–Trinajstić information content (AvgIpc) is 2.69. The fraction of sp³-hybridized carbons (Fsp3) is 0.692. The van der Waals surface area contributed by atoms with Crippen molar-refractivity contribution in [2.75, 3.05) is 0 Å². The van der Waals surface area contributed by atoms with Crippen molar-refractivity contribution in [3.8, 4) is 0 Å². The SMILES string of the molecule is CCCCC(F)(F)C(=O)CCC1C=CC(=O)C1. The van der Waals surface area contributed by atoms with Crippen molar-refractivity contribution in [1.29, 1.82) is 0 Å². The van der Waals surface area contributed by atoms with Crippen molar-refractivity contribution in [3.05, 3.63) is 12.2 Å². The maximum atomic E-state index is 13.3. The number of hydrogen-bond donors (Lipinski definition) is 0. The van der Waals surface area contributed by atoms with E-state index in [0.717, 1.165) is 0 Å². The van der Waals surface area contributed by atoms with E-state index < -0.39 is 11.7 Å². The number of carbonyl (C=O) groups excluding carboxylic acids is 2. The van der Waals surface area contributed by atoms with E-state index in [1.807, 2.05) is 6.92 Å². The first kappa shape index (κ1) is 14.0. The third-order valence-corrected chi connectivity index (χ3v) is 3.01. The first-order chi connectivity index (χ1) is 7.95. The Labute approximate surface area is 100 Å². The number of unbranched alkanes of at least 4 members (excludes halogenated alkanes) is 1. The number of alkyl halides is 2. The summed E-state index contributed by atoms with van der Waals surface area (Å²) in [5.41, 5.74) is 0. The Kier molecular flexibility index (Phi) is 4.97. The predicted octanol–water partition coefficient (Wildman–Crippen LogP) is 3.31. The van der Waals surface area contributed by atoms with E-state index in [0.29, 0.717) is 25.7 Å². The van der Waals surface area contributed by atoms with E-state index in [1.165, 1.54) is 6.08 Å². The van der Waals surface area contributed by atoms with Gasteiger partial charge in [0, 0.05) is 19.3 Å². The van der Waals surface area contributed by atoms with E-state index >= 15 is 0 Å². The van der Waals surface area contributed by atoms with Crippen LogP contribution in [0.5, 0.6) is 0 Å². The summed E-state index contributed by atoms with van der Waals surface area (Å²) in [5, 5.41) is 0. The topological polar surface area (TPSA) is 34.1 Å². The van der Waals surface area contributed by atoms with Crippen LogP contribution in [0.15, 0.2) is 12.2 Å². The lowest BCUT2D eigenvalue weighted by atomic mass is 9.97. The molecule has 0 saturated carbocycles. The van der Waals surface area contributed by atoms with Crippen LogP contribution in [0.3, 0.4) is 0 Å². The van der Waals surface area contributed by atoms with Crippen molar-refractivity contribution >= 4 is 11.6 Å². The van der Waals surface area contributed by atoms with Crippen LogP contribution in [0.4, 0.5) is 8.78 Å². The van der Waals surface area contributed by atoms with Crippen molar-refractivity contribution in [3.63, 3.8) is 0 Å². The standard InChI is InChI=1S/C13H18F2O2/c1-2-3-8-13(14,15)12(17)7-5-10-4-6-11(16)9-10/h4,6,10H,2-3,5,7-9H2,1H3. The van der Waals surface area contributed by atoms with E-state index in [-0.39, 0.29) is 24.5 Å². The molecule has 0 aliphatic heterocycles. The van der Waals surface area contributed by atoms with Crippen LogP contribution in [-0.4, -0.2) is 17.5 Å². The van der Waals surface area contributed by atoms with Crippen LogP contribution in [0.1, 0.15) is 45.4 Å². The highest BCUT2D eigenvalue weighted by molar-refractivity contribution is 5.92. The Bertz CT molecular complexity index is 321. The van der Waals surface area contributed by atoms with Gasteiger partial charge in [-0.3, -0.25) is 9.59 Å². The molecule has 0 aromatic heterocycles. The van der Waals surface area contributed by atoms with Gasteiger partial charge in [-0.15, -0.1) is 0 Å². The molecule has 0 spiro atoms. The Balaban J connectivity index is 2.33. The molecule has 1 atom stereocenters. The molecule has 96 valence electrons. The first-order valence-corrected chi connectivity index (χ1v) is 6.08. The molecule has 0 aromatic rings. The molecule has 0 amide bonds. The molecule has 0 bridgehead atoms. The highest BCUT2D eigenvalue weighted by Crippen LogP contribution is 2.27. The zero-order chi connectivity index (χ0) is 12.9. The number of Topliss-reactive ketones (excluding diaryl/α,β-unsaturated/α-hetero) is 1. The third-order valence-electron chi connectivity index (χ3n) is 3.01. The van der Waals surface area contributed by atoms with Crippen LogP contribution in [0, 0.1) is 5.92 Å². The van der Waals surface area contributed by atoms with E-state index in [9.17, 15) is 18.4 Å². The minimum Gasteiger partial charge on any atom is -0.295 e. The van der Waals surface area contributed by atoms with Gasteiger partial charge in [0.15, 0.2) is 5.78 Å². The van der Waals surface area contributed by atoms with Gasteiger partial charge in [-0.2, -0.15) is 8.78 Å². The van der Waals surface area contributed by atoms with Gasteiger partial charge in [-0.25, -0.2) is 0 Å². The Morgan fingerprint density at radius 2 is 2.24 bits per heavy atom. The summed E-state index contributed by atoms with van der Waals surface area (Å²) in [6, 6.07) is 0. The quantitative estimate of drug-likeness (QED) is 0.688. The van der Waals surface area contributed by atoms with Crippen molar-refractivity contribution in [1.82, 2.24) is 0 Å². The predicted molar refractivity (Wildman–Crippen MR) is 61.0 cm³/mol. The van der Waals surface area contributed by atoms with Gasteiger partial charge in [0.25, 0.3) is 0 Å². The second kappa shape index (κ2) is 6.03. The second-order valence-corrected chi connectivity index (χ2v) is 4.56. The lowest BCUT2D eigenvalue weighted by Gasteiger charge is -2.15. The van der Waals surface area contributed by atoms with Gasteiger partial charge >= 0.3 is 5.92 Å². The van der Waals surface area contributed by atoms with Gasteiger partial charge in [0.2, 0.25) is 5.78 Å². The summed E-state index contributed by atoms with van der Waals surface area (Å²) < 4.78 is 26.6. The molecule has 4 heteroatoms. The molecular weight excluding hydrogens is 226 g/mol. The second-order valence-electron chi connectivity index (χ2n) is 4.56. The van der Waals surface area contributed by atoms with Crippen molar-refractivity contribution in [2.45, 2.75) is 51.4 Å². The van der Waals surface area contributed by atoms with Crippen LogP contribution < -0.4 is 0 Å². The third kappa shape index (κ3) is 4.36. The Morgan fingerprint density at radius 3 is 2.76 bits per heavy atom. The molecule has 1 aliphatic carbocycles. The van der Waals surface area contributed by atoms with E-state index in [4.69, 9.17) is 0 Å². The van der Waals surface area contributed by atoms with E-state index in [2.05, 4.69) is 0 Å². The number of allylic oxidation sites excluding steroid dienone is 2.